The van der Waals surface area contributed by atoms with E-state index >= 15 is 0 Å². The average molecular weight is 298 g/mol. The summed E-state index contributed by atoms with van der Waals surface area (Å²) in [6.07, 6.45) is 1.26. The second-order valence-electron chi connectivity index (χ2n) is 5.00. The van der Waals surface area contributed by atoms with Gasteiger partial charge >= 0.3 is 0 Å². The molecule has 0 amide bonds. The first-order valence-electron chi connectivity index (χ1n) is 6.46. The number of rotatable bonds is 7. The molecule has 0 aliphatic rings. The summed E-state index contributed by atoms with van der Waals surface area (Å²) in [5.41, 5.74) is 1.43. The van der Waals surface area contributed by atoms with Crippen molar-refractivity contribution in [3.63, 3.8) is 0 Å². The van der Waals surface area contributed by atoms with Crippen LogP contribution in [0.15, 0.2) is 30.3 Å². The molecule has 0 saturated carbocycles. The average Bonchev–Trinajstić information content (AvgIpc) is 2.36. The number of alkyl halides is 1. The minimum Gasteiger partial charge on any atom is -0.305 e. The van der Waals surface area contributed by atoms with Gasteiger partial charge in [0, 0.05) is 24.3 Å². The summed E-state index contributed by atoms with van der Waals surface area (Å²) < 4.78 is 0. The van der Waals surface area contributed by atoms with Crippen LogP contribution in [0.3, 0.4) is 0 Å². The Balaban J connectivity index is 2.52. The highest BCUT2D eigenvalue weighted by Gasteiger charge is 2.13. The van der Waals surface area contributed by atoms with Gasteiger partial charge in [-0.15, -0.1) is 0 Å². The second kappa shape index (κ2) is 7.88. The van der Waals surface area contributed by atoms with Crippen molar-refractivity contribution < 1.29 is 0 Å². The molecule has 0 aromatic heterocycles. The monoisotopic (exact) mass is 297 g/mol. The summed E-state index contributed by atoms with van der Waals surface area (Å²) >= 11 is 3.64. The molecule has 0 N–H and O–H groups in total. The minimum absolute atomic E-state index is 0.588. The number of hydrogen-bond donors (Lipinski definition) is 0. The third-order valence-electron chi connectivity index (χ3n) is 3.31. The van der Waals surface area contributed by atoms with Gasteiger partial charge < -0.3 is 4.90 Å². The van der Waals surface area contributed by atoms with Crippen LogP contribution in [0.1, 0.15) is 31.7 Å². The lowest BCUT2D eigenvalue weighted by Gasteiger charge is -2.25. The second-order valence-corrected chi connectivity index (χ2v) is 5.64. The van der Waals surface area contributed by atoms with Crippen molar-refractivity contribution in [1.82, 2.24) is 4.90 Å². The lowest BCUT2D eigenvalue weighted by atomic mass is 10.00. The van der Waals surface area contributed by atoms with E-state index in [4.69, 9.17) is 0 Å². The SMILES string of the molecule is CCC(C)CN(C)CC(CBr)c1ccccc1. The molecule has 0 radical (unpaired) electrons. The molecule has 2 heteroatoms. The summed E-state index contributed by atoms with van der Waals surface area (Å²) in [5, 5.41) is 1.03. The van der Waals surface area contributed by atoms with Crippen LogP contribution in [0.2, 0.25) is 0 Å². The Morgan fingerprint density at radius 3 is 2.35 bits per heavy atom. The fourth-order valence-corrected chi connectivity index (χ4v) is 2.66. The molecule has 0 spiro atoms. The lowest BCUT2D eigenvalue weighted by molar-refractivity contribution is 0.272. The summed E-state index contributed by atoms with van der Waals surface area (Å²) in [5.74, 6) is 1.37. The molecule has 1 aromatic rings. The van der Waals surface area contributed by atoms with Gasteiger partial charge in [0.2, 0.25) is 0 Å². The minimum atomic E-state index is 0.588. The first-order valence-corrected chi connectivity index (χ1v) is 7.59. The zero-order valence-corrected chi connectivity index (χ0v) is 12.8. The Morgan fingerprint density at radius 1 is 1.18 bits per heavy atom. The van der Waals surface area contributed by atoms with Gasteiger partial charge in [-0.25, -0.2) is 0 Å². The molecular formula is C15H24BrN. The first-order chi connectivity index (χ1) is 8.17. The van der Waals surface area contributed by atoms with E-state index < -0.39 is 0 Å². The molecule has 1 rings (SSSR count). The normalized spacial score (nSPS) is 14.9. The van der Waals surface area contributed by atoms with E-state index in [1.165, 1.54) is 18.5 Å². The largest absolute Gasteiger partial charge is 0.305 e. The maximum Gasteiger partial charge on any atom is 0.0112 e. The molecule has 0 saturated heterocycles. The number of hydrogen-bond acceptors (Lipinski definition) is 1. The molecule has 96 valence electrons. The number of benzene rings is 1. The van der Waals surface area contributed by atoms with Gasteiger partial charge in [-0.3, -0.25) is 0 Å². The van der Waals surface area contributed by atoms with E-state index in [1.54, 1.807) is 0 Å². The third-order valence-corrected chi connectivity index (χ3v) is 4.09. The van der Waals surface area contributed by atoms with Gasteiger partial charge in [0.25, 0.3) is 0 Å². The maximum atomic E-state index is 3.64. The van der Waals surface area contributed by atoms with Gasteiger partial charge in [0.15, 0.2) is 0 Å². The van der Waals surface area contributed by atoms with Crippen molar-refractivity contribution in [2.45, 2.75) is 26.2 Å². The summed E-state index contributed by atoms with van der Waals surface area (Å²) in [6, 6.07) is 10.8. The van der Waals surface area contributed by atoms with Crippen molar-refractivity contribution in [2.24, 2.45) is 5.92 Å². The number of halogens is 1. The number of nitrogens with zero attached hydrogens (tertiary/aromatic N) is 1. The molecule has 0 aliphatic heterocycles. The van der Waals surface area contributed by atoms with Crippen LogP contribution in [-0.4, -0.2) is 30.4 Å². The summed E-state index contributed by atoms with van der Waals surface area (Å²) in [6.45, 7) is 6.90. The van der Waals surface area contributed by atoms with Crippen LogP contribution < -0.4 is 0 Å². The predicted octanol–water partition coefficient (Wildman–Crippen LogP) is 4.14. The summed E-state index contributed by atoms with van der Waals surface area (Å²) in [4.78, 5) is 2.45. The molecule has 0 aliphatic carbocycles. The molecule has 17 heavy (non-hydrogen) atoms. The predicted molar refractivity (Wildman–Crippen MR) is 79.9 cm³/mol. The zero-order valence-electron chi connectivity index (χ0n) is 11.2. The molecule has 1 nitrogen and oxygen atoms in total. The van der Waals surface area contributed by atoms with Crippen LogP contribution in [0.25, 0.3) is 0 Å². The van der Waals surface area contributed by atoms with Gasteiger partial charge in [0.05, 0.1) is 0 Å². The van der Waals surface area contributed by atoms with Crippen LogP contribution in [0.4, 0.5) is 0 Å². The Hall–Kier alpha value is -0.340. The van der Waals surface area contributed by atoms with Crippen molar-refractivity contribution in [3.8, 4) is 0 Å². The quantitative estimate of drug-likeness (QED) is 0.684. The van der Waals surface area contributed by atoms with Gasteiger partial charge in [-0.05, 0) is 18.5 Å². The molecule has 1 aromatic carbocycles. The molecule has 0 fully saturated rings. The summed E-state index contributed by atoms with van der Waals surface area (Å²) in [7, 11) is 2.23. The van der Waals surface area contributed by atoms with E-state index in [1.807, 2.05) is 0 Å². The number of likely N-dealkylation sites (N-methyl/N-ethyl adjacent to an activating group) is 1. The van der Waals surface area contributed by atoms with Crippen LogP contribution in [-0.2, 0) is 0 Å². The standard InChI is InChI=1S/C15H24BrN/c1-4-13(2)11-17(3)12-15(10-16)14-8-6-5-7-9-14/h5-9,13,15H,4,10-12H2,1-3H3. The zero-order chi connectivity index (χ0) is 12.7. The smallest absolute Gasteiger partial charge is 0.0112 e. The van der Waals surface area contributed by atoms with E-state index in [2.05, 4.69) is 72.1 Å². The van der Waals surface area contributed by atoms with Gasteiger partial charge in [0.1, 0.15) is 0 Å². The Bertz CT molecular complexity index is 299. The van der Waals surface area contributed by atoms with E-state index in [0.29, 0.717) is 5.92 Å². The highest BCUT2D eigenvalue weighted by Crippen LogP contribution is 2.19. The lowest BCUT2D eigenvalue weighted by Crippen LogP contribution is -2.29. The fraction of sp³-hybridized carbons (Fsp3) is 0.600. The van der Waals surface area contributed by atoms with Crippen molar-refractivity contribution in [1.29, 1.82) is 0 Å². The molecule has 0 heterocycles. The highest BCUT2D eigenvalue weighted by molar-refractivity contribution is 9.09. The van der Waals surface area contributed by atoms with Crippen molar-refractivity contribution in [2.75, 3.05) is 25.5 Å². The molecule has 2 atom stereocenters. The van der Waals surface area contributed by atoms with Crippen LogP contribution in [0, 0.1) is 5.92 Å². The third kappa shape index (κ3) is 5.22. The van der Waals surface area contributed by atoms with E-state index in [-0.39, 0.29) is 0 Å². The first kappa shape index (κ1) is 14.7. The topological polar surface area (TPSA) is 3.24 Å². The maximum absolute atomic E-state index is 3.64. The highest BCUT2D eigenvalue weighted by atomic mass is 79.9. The van der Waals surface area contributed by atoms with Gasteiger partial charge in [-0.1, -0.05) is 66.5 Å². The van der Waals surface area contributed by atoms with Crippen molar-refractivity contribution in [3.05, 3.63) is 35.9 Å². The molecule has 0 bridgehead atoms. The van der Waals surface area contributed by atoms with E-state index in [9.17, 15) is 0 Å². The molecule has 2 unspecified atom stereocenters. The van der Waals surface area contributed by atoms with Gasteiger partial charge in [-0.2, -0.15) is 0 Å². The Morgan fingerprint density at radius 2 is 1.82 bits per heavy atom. The van der Waals surface area contributed by atoms with E-state index in [0.717, 1.165) is 17.8 Å². The van der Waals surface area contributed by atoms with Crippen LogP contribution in [0.5, 0.6) is 0 Å². The Labute approximate surface area is 114 Å². The Kier molecular flexibility index (Phi) is 6.83. The van der Waals surface area contributed by atoms with Crippen LogP contribution >= 0.6 is 15.9 Å². The van der Waals surface area contributed by atoms with Crippen molar-refractivity contribution >= 4 is 15.9 Å². The fourth-order valence-electron chi connectivity index (χ4n) is 2.08. The molecular weight excluding hydrogens is 274 g/mol.